The number of carbonyl (C=O) groups excluding carboxylic acids is 1. The molecule has 3 rings (SSSR count). The van der Waals surface area contributed by atoms with Crippen LogP contribution in [-0.4, -0.2) is 15.9 Å². The molecule has 1 aromatic heterocycles. The second-order valence-corrected chi connectivity index (χ2v) is 5.62. The van der Waals surface area contributed by atoms with E-state index < -0.39 is 5.91 Å². The maximum atomic E-state index is 12.4. The van der Waals surface area contributed by atoms with Gasteiger partial charge in [0.25, 0.3) is 5.91 Å². The maximum absolute atomic E-state index is 12.4. The molecule has 0 aliphatic heterocycles. The van der Waals surface area contributed by atoms with E-state index in [9.17, 15) is 4.79 Å². The number of hydrogen-bond acceptors (Lipinski definition) is 4. The first-order valence-electron chi connectivity index (χ1n) is 7.04. The lowest BCUT2D eigenvalue weighted by Gasteiger charge is -2.09. The van der Waals surface area contributed by atoms with Crippen LogP contribution in [-0.2, 0) is 0 Å². The number of nitrogens with one attached hydrogen (secondary N) is 2. The van der Waals surface area contributed by atoms with E-state index in [0.717, 1.165) is 5.69 Å². The zero-order valence-electron chi connectivity index (χ0n) is 12.3. The lowest BCUT2D eigenvalue weighted by atomic mass is 10.2. The molecule has 2 aromatic carbocycles. The zero-order valence-corrected chi connectivity index (χ0v) is 13.8. The summed E-state index contributed by atoms with van der Waals surface area (Å²) in [5, 5.41) is 6.27. The summed E-state index contributed by atoms with van der Waals surface area (Å²) < 4.78 is 0. The lowest BCUT2D eigenvalue weighted by Crippen LogP contribution is -2.14. The summed E-state index contributed by atoms with van der Waals surface area (Å²) >= 11 is 12.1. The molecule has 1 amide bonds. The van der Waals surface area contributed by atoms with Crippen LogP contribution in [0.5, 0.6) is 0 Å². The number of para-hydroxylation sites is 1. The van der Waals surface area contributed by atoms with E-state index >= 15 is 0 Å². The van der Waals surface area contributed by atoms with E-state index in [4.69, 9.17) is 23.2 Å². The van der Waals surface area contributed by atoms with Gasteiger partial charge in [0.2, 0.25) is 5.95 Å². The molecule has 2 N–H and O–H groups in total. The SMILES string of the molecule is O=C(Nc1ccnc(Nc2ccccc2)n1)c1c(Cl)cccc1Cl. The molecular weight excluding hydrogens is 347 g/mol. The van der Waals surface area contributed by atoms with Crippen molar-refractivity contribution in [3.8, 4) is 0 Å². The average molecular weight is 359 g/mol. The number of hydrogen-bond donors (Lipinski definition) is 2. The third kappa shape index (κ3) is 3.82. The zero-order chi connectivity index (χ0) is 16.9. The van der Waals surface area contributed by atoms with E-state index in [0.29, 0.717) is 11.8 Å². The predicted octanol–water partition coefficient (Wildman–Crippen LogP) is 4.78. The fraction of sp³-hybridized carbons (Fsp3) is 0. The van der Waals surface area contributed by atoms with Crippen molar-refractivity contribution < 1.29 is 4.79 Å². The van der Waals surface area contributed by atoms with E-state index in [1.165, 1.54) is 0 Å². The highest BCUT2D eigenvalue weighted by Crippen LogP contribution is 2.25. The molecule has 0 atom stereocenters. The molecule has 0 saturated heterocycles. The van der Waals surface area contributed by atoms with E-state index in [1.54, 1.807) is 30.5 Å². The highest BCUT2D eigenvalue weighted by atomic mass is 35.5. The van der Waals surface area contributed by atoms with Gasteiger partial charge in [0, 0.05) is 11.9 Å². The minimum atomic E-state index is -0.435. The Morgan fingerprint density at radius 3 is 2.33 bits per heavy atom. The Morgan fingerprint density at radius 1 is 0.917 bits per heavy atom. The summed E-state index contributed by atoms with van der Waals surface area (Å²) in [6, 6.07) is 15.9. The standard InChI is InChI=1S/C17H12Cl2N4O/c18-12-7-4-8-13(19)15(12)16(24)22-14-9-10-20-17(23-14)21-11-5-2-1-3-6-11/h1-10H,(H2,20,21,22,23,24). The van der Waals surface area contributed by atoms with E-state index in [1.807, 2.05) is 30.3 Å². The fourth-order valence-corrected chi connectivity index (χ4v) is 2.60. The molecule has 1 heterocycles. The van der Waals surface area contributed by atoms with Crippen LogP contribution in [0.1, 0.15) is 10.4 Å². The smallest absolute Gasteiger partial charge is 0.259 e. The molecule has 5 nitrogen and oxygen atoms in total. The Hall–Kier alpha value is -2.63. The Balaban J connectivity index is 1.78. The molecule has 0 unspecified atom stereocenters. The molecule has 0 fully saturated rings. The quantitative estimate of drug-likeness (QED) is 0.704. The van der Waals surface area contributed by atoms with Crippen LogP contribution >= 0.6 is 23.2 Å². The largest absolute Gasteiger partial charge is 0.324 e. The number of anilines is 3. The van der Waals surface area contributed by atoms with Crippen LogP contribution in [0.2, 0.25) is 10.0 Å². The Kier molecular flexibility index (Phi) is 4.93. The molecule has 0 spiro atoms. The minimum absolute atomic E-state index is 0.206. The van der Waals surface area contributed by atoms with Gasteiger partial charge >= 0.3 is 0 Å². The summed E-state index contributed by atoms with van der Waals surface area (Å²) in [5.41, 5.74) is 1.05. The van der Waals surface area contributed by atoms with Gasteiger partial charge in [-0.1, -0.05) is 47.5 Å². The van der Waals surface area contributed by atoms with Crippen molar-refractivity contribution in [1.29, 1.82) is 0 Å². The number of aromatic nitrogens is 2. The molecule has 0 radical (unpaired) electrons. The number of halogens is 2. The highest BCUT2D eigenvalue weighted by Gasteiger charge is 2.15. The van der Waals surface area contributed by atoms with Crippen molar-refractivity contribution in [1.82, 2.24) is 9.97 Å². The second kappa shape index (κ2) is 7.29. The highest BCUT2D eigenvalue weighted by molar-refractivity contribution is 6.40. The average Bonchev–Trinajstić information content (AvgIpc) is 2.56. The Bertz CT molecular complexity index is 851. The van der Waals surface area contributed by atoms with Crippen molar-refractivity contribution in [3.05, 3.63) is 76.4 Å². The number of rotatable bonds is 4. The molecule has 0 aliphatic carbocycles. The topological polar surface area (TPSA) is 66.9 Å². The van der Waals surface area contributed by atoms with Gasteiger partial charge in [-0.15, -0.1) is 0 Å². The van der Waals surface area contributed by atoms with Gasteiger partial charge < -0.3 is 10.6 Å². The maximum Gasteiger partial charge on any atom is 0.259 e. The molecular formula is C17H12Cl2N4O. The Labute approximate surface area is 148 Å². The van der Waals surface area contributed by atoms with Gasteiger partial charge in [-0.3, -0.25) is 4.79 Å². The van der Waals surface area contributed by atoms with Crippen molar-refractivity contribution in [3.63, 3.8) is 0 Å². The summed E-state index contributed by atoms with van der Waals surface area (Å²) in [6.45, 7) is 0. The van der Waals surface area contributed by atoms with Gasteiger partial charge in [-0.05, 0) is 30.3 Å². The second-order valence-electron chi connectivity index (χ2n) is 4.81. The Morgan fingerprint density at radius 2 is 1.62 bits per heavy atom. The molecule has 7 heteroatoms. The van der Waals surface area contributed by atoms with Gasteiger partial charge in [-0.25, -0.2) is 4.98 Å². The molecule has 0 aliphatic rings. The van der Waals surface area contributed by atoms with Crippen LogP contribution in [0.25, 0.3) is 0 Å². The number of carbonyl (C=O) groups is 1. The van der Waals surface area contributed by atoms with Crippen LogP contribution in [0.4, 0.5) is 17.5 Å². The van der Waals surface area contributed by atoms with E-state index in [-0.39, 0.29) is 15.6 Å². The monoisotopic (exact) mass is 358 g/mol. The number of nitrogens with zero attached hydrogens (tertiary/aromatic N) is 2. The molecule has 0 saturated carbocycles. The fourth-order valence-electron chi connectivity index (χ4n) is 2.03. The van der Waals surface area contributed by atoms with Crippen molar-refractivity contribution in [2.45, 2.75) is 0 Å². The van der Waals surface area contributed by atoms with Crippen LogP contribution in [0.15, 0.2) is 60.8 Å². The minimum Gasteiger partial charge on any atom is -0.324 e. The first-order chi connectivity index (χ1) is 11.6. The van der Waals surface area contributed by atoms with E-state index in [2.05, 4.69) is 20.6 Å². The third-order valence-corrected chi connectivity index (χ3v) is 3.75. The summed E-state index contributed by atoms with van der Waals surface area (Å²) in [6.07, 6.45) is 1.54. The first kappa shape index (κ1) is 16.2. The molecule has 120 valence electrons. The number of benzene rings is 2. The third-order valence-electron chi connectivity index (χ3n) is 3.12. The van der Waals surface area contributed by atoms with Gasteiger partial charge in [0.15, 0.2) is 0 Å². The molecule has 3 aromatic rings. The predicted molar refractivity (Wildman–Crippen MR) is 96.2 cm³/mol. The van der Waals surface area contributed by atoms with Gasteiger partial charge in [-0.2, -0.15) is 4.98 Å². The van der Waals surface area contributed by atoms with Crippen molar-refractivity contribution in [2.24, 2.45) is 0 Å². The first-order valence-corrected chi connectivity index (χ1v) is 7.79. The number of amides is 1. The van der Waals surface area contributed by atoms with Crippen molar-refractivity contribution in [2.75, 3.05) is 10.6 Å². The summed E-state index contributed by atoms with van der Waals surface area (Å²) in [7, 11) is 0. The normalized spacial score (nSPS) is 10.2. The van der Waals surface area contributed by atoms with Crippen molar-refractivity contribution >= 4 is 46.6 Å². The van der Waals surface area contributed by atoms with Gasteiger partial charge in [0.1, 0.15) is 5.82 Å². The summed E-state index contributed by atoms with van der Waals surface area (Å²) in [5.74, 6) is 0.267. The van der Waals surface area contributed by atoms with Crippen LogP contribution in [0.3, 0.4) is 0 Å². The lowest BCUT2D eigenvalue weighted by molar-refractivity contribution is 0.102. The summed E-state index contributed by atoms with van der Waals surface area (Å²) in [4.78, 5) is 20.7. The van der Waals surface area contributed by atoms with Crippen LogP contribution in [0, 0.1) is 0 Å². The molecule has 0 bridgehead atoms. The molecule has 24 heavy (non-hydrogen) atoms. The van der Waals surface area contributed by atoms with Crippen LogP contribution < -0.4 is 10.6 Å². The van der Waals surface area contributed by atoms with Gasteiger partial charge in [0.05, 0.1) is 15.6 Å².